The molecule has 0 aliphatic rings. The predicted molar refractivity (Wildman–Crippen MR) is 71.1 cm³/mol. The Kier molecular flexibility index (Phi) is 4.27. The second-order valence-electron chi connectivity index (χ2n) is 4.73. The Bertz CT molecular complexity index is 566. The monoisotopic (exact) mass is 262 g/mol. The summed E-state index contributed by atoms with van der Waals surface area (Å²) in [5, 5.41) is 9.48. The summed E-state index contributed by atoms with van der Waals surface area (Å²) in [7, 11) is 0. The van der Waals surface area contributed by atoms with Gasteiger partial charge in [-0.3, -0.25) is 0 Å². The van der Waals surface area contributed by atoms with Gasteiger partial charge in [0.2, 0.25) is 0 Å². The molecule has 0 radical (unpaired) electrons. The quantitative estimate of drug-likeness (QED) is 0.892. The molecule has 0 saturated heterocycles. The largest absolute Gasteiger partial charge is 0.396 e. The summed E-state index contributed by atoms with van der Waals surface area (Å²) in [4.78, 5) is 0. The van der Waals surface area contributed by atoms with Crippen molar-refractivity contribution >= 4 is 0 Å². The number of rotatable bonds is 4. The molecule has 0 aliphatic heterocycles. The van der Waals surface area contributed by atoms with E-state index in [0.29, 0.717) is 12.0 Å². The molecule has 100 valence electrons. The fourth-order valence-corrected chi connectivity index (χ4v) is 2.16. The summed E-state index contributed by atoms with van der Waals surface area (Å²) in [6, 6.07) is 11.3. The molecule has 0 saturated carbocycles. The van der Waals surface area contributed by atoms with Crippen molar-refractivity contribution in [2.75, 3.05) is 6.61 Å². The summed E-state index contributed by atoms with van der Waals surface area (Å²) in [6.45, 7) is 1.90. The van der Waals surface area contributed by atoms with Gasteiger partial charge in [0.25, 0.3) is 0 Å². The zero-order valence-electron chi connectivity index (χ0n) is 10.7. The van der Waals surface area contributed by atoms with Crippen molar-refractivity contribution in [1.82, 2.24) is 0 Å². The molecule has 19 heavy (non-hydrogen) atoms. The van der Waals surface area contributed by atoms with Crippen LogP contribution in [0.5, 0.6) is 0 Å². The molecule has 2 aromatic carbocycles. The van der Waals surface area contributed by atoms with Crippen LogP contribution in [-0.4, -0.2) is 11.7 Å². The lowest BCUT2D eigenvalue weighted by Gasteiger charge is -2.16. The highest BCUT2D eigenvalue weighted by Crippen LogP contribution is 2.23. The van der Waals surface area contributed by atoms with Crippen LogP contribution in [0.1, 0.15) is 22.6 Å². The predicted octanol–water partition coefficient (Wildman–Crippen LogP) is 3.59. The Morgan fingerprint density at radius 3 is 2.53 bits per heavy atom. The van der Waals surface area contributed by atoms with E-state index in [2.05, 4.69) is 0 Å². The lowest BCUT2D eigenvalue weighted by atomic mass is 9.91. The Morgan fingerprint density at radius 2 is 1.89 bits per heavy atom. The molecule has 1 nitrogen and oxygen atoms in total. The van der Waals surface area contributed by atoms with E-state index in [-0.39, 0.29) is 12.5 Å². The smallest absolute Gasteiger partial charge is 0.129 e. The molecular formula is C16H16F2O. The average Bonchev–Trinajstić information content (AvgIpc) is 2.38. The molecule has 1 unspecified atom stereocenters. The van der Waals surface area contributed by atoms with E-state index >= 15 is 0 Å². The summed E-state index contributed by atoms with van der Waals surface area (Å²) < 4.78 is 26.5. The molecule has 0 amide bonds. The van der Waals surface area contributed by atoms with Crippen molar-refractivity contribution in [3.05, 3.63) is 70.8 Å². The highest BCUT2D eigenvalue weighted by molar-refractivity contribution is 5.28. The van der Waals surface area contributed by atoms with Gasteiger partial charge in [0.05, 0.1) is 6.61 Å². The minimum atomic E-state index is -0.586. The van der Waals surface area contributed by atoms with E-state index in [1.807, 2.05) is 31.2 Å². The second kappa shape index (κ2) is 5.93. The molecule has 2 aromatic rings. The van der Waals surface area contributed by atoms with Crippen molar-refractivity contribution in [3.63, 3.8) is 0 Å². The summed E-state index contributed by atoms with van der Waals surface area (Å²) in [6.07, 6.45) is 0.353. The second-order valence-corrected chi connectivity index (χ2v) is 4.73. The maximum absolute atomic E-state index is 13.6. The van der Waals surface area contributed by atoms with Crippen molar-refractivity contribution < 1.29 is 13.9 Å². The molecule has 0 aliphatic carbocycles. The number of hydrogen-bond donors (Lipinski definition) is 1. The van der Waals surface area contributed by atoms with Crippen LogP contribution in [0, 0.1) is 18.6 Å². The normalized spacial score (nSPS) is 12.4. The molecule has 0 spiro atoms. The van der Waals surface area contributed by atoms with Crippen LogP contribution >= 0.6 is 0 Å². The fraction of sp³-hybridized carbons (Fsp3) is 0.250. The van der Waals surface area contributed by atoms with Crippen LogP contribution in [0.3, 0.4) is 0 Å². The topological polar surface area (TPSA) is 20.2 Å². The Balaban J connectivity index is 2.24. The Labute approximate surface area is 111 Å². The van der Waals surface area contributed by atoms with E-state index < -0.39 is 11.6 Å². The van der Waals surface area contributed by atoms with Crippen LogP contribution in [0.25, 0.3) is 0 Å². The maximum Gasteiger partial charge on any atom is 0.129 e. The third-order valence-corrected chi connectivity index (χ3v) is 3.22. The van der Waals surface area contributed by atoms with Gasteiger partial charge in [0.1, 0.15) is 11.6 Å². The van der Waals surface area contributed by atoms with Crippen molar-refractivity contribution in [1.29, 1.82) is 0 Å². The summed E-state index contributed by atoms with van der Waals surface area (Å²) >= 11 is 0. The van der Waals surface area contributed by atoms with Crippen molar-refractivity contribution in [2.24, 2.45) is 0 Å². The van der Waals surface area contributed by atoms with Gasteiger partial charge >= 0.3 is 0 Å². The van der Waals surface area contributed by atoms with Gasteiger partial charge in [0.15, 0.2) is 0 Å². The van der Waals surface area contributed by atoms with Gasteiger partial charge in [-0.15, -0.1) is 0 Å². The molecule has 0 heterocycles. The minimum absolute atomic E-state index is 0.0692. The van der Waals surface area contributed by atoms with Crippen LogP contribution < -0.4 is 0 Å². The van der Waals surface area contributed by atoms with Gasteiger partial charge in [-0.2, -0.15) is 0 Å². The number of aliphatic hydroxyl groups excluding tert-OH is 1. The average molecular weight is 262 g/mol. The molecule has 1 N–H and O–H groups in total. The van der Waals surface area contributed by atoms with Crippen LogP contribution in [0.15, 0.2) is 42.5 Å². The van der Waals surface area contributed by atoms with Gasteiger partial charge in [-0.1, -0.05) is 35.9 Å². The summed E-state index contributed by atoms with van der Waals surface area (Å²) in [5.41, 5.74) is 2.48. The third kappa shape index (κ3) is 3.38. The van der Waals surface area contributed by atoms with Crippen molar-refractivity contribution in [3.8, 4) is 0 Å². The molecule has 3 heteroatoms. The van der Waals surface area contributed by atoms with Gasteiger partial charge in [-0.05, 0) is 30.5 Å². The Hall–Kier alpha value is -1.74. The minimum Gasteiger partial charge on any atom is -0.396 e. The van der Waals surface area contributed by atoms with E-state index in [9.17, 15) is 13.9 Å². The molecule has 0 bridgehead atoms. The van der Waals surface area contributed by atoms with E-state index in [1.165, 1.54) is 12.1 Å². The first-order chi connectivity index (χ1) is 9.10. The number of halogens is 2. The van der Waals surface area contributed by atoms with Gasteiger partial charge < -0.3 is 5.11 Å². The van der Waals surface area contributed by atoms with Crippen LogP contribution in [-0.2, 0) is 6.42 Å². The van der Waals surface area contributed by atoms with Gasteiger partial charge in [0, 0.05) is 12.0 Å². The zero-order chi connectivity index (χ0) is 13.8. The van der Waals surface area contributed by atoms with Crippen LogP contribution in [0.4, 0.5) is 8.78 Å². The molecule has 2 rings (SSSR count). The first-order valence-corrected chi connectivity index (χ1v) is 6.21. The molecule has 0 aromatic heterocycles. The first-order valence-electron chi connectivity index (χ1n) is 6.21. The van der Waals surface area contributed by atoms with E-state index in [1.54, 1.807) is 0 Å². The highest BCUT2D eigenvalue weighted by atomic mass is 19.1. The first kappa shape index (κ1) is 13.7. The SMILES string of the molecule is Cc1cccc(C(CO)Cc2ccc(F)cc2F)c1. The summed E-state index contributed by atoms with van der Waals surface area (Å²) in [5.74, 6) is -1.33. The van der Waals surface area contributed by atoms with Gasteiger partial charge in [-0.25, -0.2) is 8.78 Å². The molecular weight excluding hydrogens is 246 g/mol. The van der Waals surface area contributed by atoms with E-state index in [0.717, 1.165) is 17.2 Å². The lowest BCUT2D eigenvalue weighted by molar-refractivity contribution is 0.263. The maximum atomic E-state index is 13.6. The standard InChI is InChI=1S/C16H16F2O/c1-11-3-2-4-12(7-11)14(10-19)8-13-5-6-15(17)9-16(13)18/h2-7,9,14,19H,8,10H2,1H3. The van der Waals surface area contributed by atoms with Crippen molar-refractivity contribution in [2.45, 2.75) is 19.3 Å². The number of aliphatic hydroxyl groups is 1. The molecule has 0 fully saturated rings. The Morgan fingerprint density at radius 1 is 1.11 bits per heavy atom. The number of hydrogen-bond acceptors (Lipinski definition) is 1. The van der Waals surface area contributed by atoms with Crippen LogP contribution in [0.2, 0.25) is 0 Å². The third-order valence-electron chi connectivity index (χ3n) is 3.22. The number of aryl methyl sites for hydroxylation is 1. The molecule has 1 atom stereocenters. The fourth-order valence-electron chi connectivity index (χ4n) is 2.16. The highest BCUT2D eigenvalue weighted by Gasteiger charge is 2.14. The zero-order valence-corrected chi connectivity index (χ0v) is 10.7. The van der Waals surface area contributed by atoms with E-state index in [4.69, 9.17) is 0 Å². The lowest BCUT2D eigenvalue weighted by Crippen LogP contribution is -2.09. The number of benzene rings is 2.